The standard InChI is InChI=1S/C9H15N5O/c1-6(10)8-4-14(13-12-8)5-9(15)11-7-2-3-7/h4,6-7H,2-3,5,10H2,1H3,(H,11,15). The molecule has 1 atom stereocenters. The molecule has 1 heterocycles. The van der Waals surface area contributed by atoms with Crippen LogP contribution in [0.5, 0.6) is 0 Å². The Labute approximate surface area is 87.8 Å². The first kappa shape index (κ1) is 10.1. The van der Waals surface area contributed by atoms with Crippen LogP contribution in [0, 0.1) is 0 Å². The maximum Gasteiger partial charge on any atom is 0.242 e. The van der Waals surface area contributed by atoms with Crippen molar-refractivity contribution in [1.29, 1.82) is 0 Å². The summed E-state index contributed by atoms with van der Waals surface area (Å²) in [7, 11) is 0. The highest BCUT2D eigenvalue weighted by atomic mass is 16.2. The van der Waals surface area contributed by atoms with E-state index >= 15 is 0 Å². The molecule has 6 nitrogen and oxygen atoms in total. The van der Waals surface area contributed by atoms with Crippen molar-refractivity contribution in [3.63, 3.8) is 0 Å². The Morgan fingerprint density at radius 2 is 2.53 bits per heavy atom. The third-order valence-electron chi connectivity index (χ3n) is 2.27. The first-order chi connectivity index (χ1) is 7.15. The van der Waals surface area contributed by atoms with E-state index in [9.17, 15) is 4.79 Å². The van der Waals surface area contributed by atoms with Crippen molar-refractivity contribution in [2.45, 2.75) is 38.4 Å². The zero-order valence-corrected chi connectivity index (χ0v) is 8.68. The maximum absolute atomic E-state index is 11.4. The molecule has 0 bridgehead atoms. The predicted molar refractivity (Wildman–Crippen MR) is 53.8 cm³/mol. The highest BCUT2D eigenvalue weighted by Crippen LogP contribution is 2.18. The summed E-state index contributed by atoms with van der Waals surface area (Å²) in [4.78, 5) is 11.4. The van der Waals surface area contributed by atoms with E-state index in [1.807, 2.05) is 6.92 Å². The molecule has 3 N–H and O–H groups in total. The minimum absolute atomic E-state index is 0.0152. The lowest BCUT2D eigenvalue weighted by molar-refractivity contribution is -0.122. The number of rotatable bonds is 4. The van der Waals surface area contributed by atoms with Crippen LogP contribution in [0.25, 0.3) is 0 Å². The predicted octanol–water partition coefficient (Wildman–Crippen LogP) is -0.424. The molecule has 15 heavy (non-hydrogen) atoms. The van der Waals surface area contributed by atoms with Gasteiger partial charge in [-0.1, -0.05) is 5.21 Å². The molecule has 1 aromatic heterocycles. The molecule has 2 rings (SSSR count). The van der Waals surface area contributed by atoms with Gasteiger partial charge in [0.15, 0.2) is 0 Å². The summed E-state index contributed by atoms with van der Waals surface area (Å²) >= 11 is 0. The summed E-state index contributed by atoms with van der Waals surface area (Å²) in [6, 6.07) is 0.235. The molecular formula is C9H15N5O. The van der Waals surface area contributed by atoms with Crippen LogP contribution in [0.1, 0.15) is 31.5 Å². The molecule has 1 saturated carbocycles. The average molecular weight is 209 g/mol. The van der Waals surface area contributed by atoms with E-state index in [1.165, 1.54) is 4.68 Å². The van der Waals surface area contributed by atoms with Crippen LogP contribution < -0.4 is 11.1 Å². The Kier molecular flexibility index (Phi) is 2.68. The van der Waals surface area contributed by atoms with Crippen molar-refractivity contribution >= 4 is 5.91 Å². The van der Waals surface area contributed by atoms with Crippen LogP contribution in [0.4, 0.5) is 0 Å². The summed E-state index contributed by atoms with van der Waals surface area (Å²) in [6.07, 6.45) is 3.89. The van der Waals surface area contributed by atoms with Crippen molar-refractivity contribution in [3.05, 3.63) is 11.9 Å². The van der Waals surface area contributed by atoms with Crippen molar-refractivity contribution < 1.29 is 4.79 Å². The number of carbonyl (C=O) groups is 1. The molecule has 1 aromatic rings. The van der Waals surface area contributed by atoms with Gasteiger partial charge < -0.3 is 11.1 Å². The van der Waals surface area contributed by atoms with Crippen molar-refractivity contribution in [2.24, 2.45) is 5.73 Å². The third-order valence-corrected chi connectivity index (χ3v) is 2.27. The molecule has 1 aliphatic carbocycles. The molecule has 1 unspecified atom stereocenters. The lowest BCUT2D eigenvalue weighted by atomic mass is 10.3. The highest BCUT2D eigenvalue weighted by Gasteiger charge is 2.23. The van der Waals surface area contributed by atoms with Gasteiger partial charge in [0.05, 0.1) is 11.9 Å². The number of amides is 1. The maximum atomic E-state index is 11.4. The average Bonchev–Trinajstić information content (AvgIpc) is 2.82. The van der Waals surface area contributed by atoms with E-state index in [0.717, 1.165) is 12.8 Å². The Bertz CT molecular complexity index is 355. The molecule has 1 amide bonds. The third kappa shape index (κ3) is 2.76. The first-order valence-corrected chi connectivity index (χ1v) is 5.10. The van der Waals surface area contributed by atoms with Crippen LogP contribution in [-0.4, -0.2) is 26.9 Å². The molecule has 6 heteroatoms. The molecule has 0 radical (unpaired) electrons. The van der Waals surface area contributed by atoms with Gasteiger partial charge in [-0.3, -0.25) is 4.79 Å². The fourth-order valence-corrected chi connectivity index (χ4v) is 1.25. The minimum Gasteiger partial charge on any atom is -0.352 e. The molecule has 1 fully saturated rings. The van der Waals surface area contributed by atoms with Gasteiger partial charge in [-0.15, -0.1) is 5.10 Å². The zero-order valence-electron chi connectivity index (χ0n) is 8.68. The lowest BCUT2D eigenvalue weighted by Crippen LogP contribution is -2.29. The van der Waals surface area contributed by atoms with Gasteiger partial charge in [0.25, 0.3) is 0 Å². The van der Waals surface area contributed by atoms with Gasteiger partial charge in [-0.25, -0.2) is 4.68 Å². The van der Waals surface area contributed by atoms with Gasteiger partial charge in [0, 0.05) is 12.1 Å². The lowest BCUT2D eigenvalue weighted by Gasteiger charge is -2.01. The smallest absolute Gasteiger partial charge is 0.242 e. The number of aromatic nitrogens is 3. The summed E-state index contributed by atoms with van der Waals surface area (Å²) in [5.74, 6) is -0.0152. The zero-order chi connectivity index (χ0) is 10.8. The van der Waals surface area contributed by atoms with Crippen LogP contribution in [-0.2, 0) is 11.3 Å². The molecule has 0 aliphatic heterocycles. The van der Waals surface area contributed by atoms with Gasteiger partial charge in [-0.05, 0) is 19.8 Å². The van der Waals surface area contributed by atoms with Crippen molar-refractivity contribution in [2.75, 3.05) is 0 Å². The Morgan fingerprint density at radius 1 is 1.80 bits per heavy atom. The fraction of sp³-hybridized carbons (Fsp3) is 0.667. The van der Waals surface area contributed by atoms with E-state index in [4.69, 9.17) is 5.73 Å². The monoisotopic (exact) mass is 209 g/mol. The number of hydrogen-bond acceptors (Lipinski definition) is 4. The first-order valence-electron chi connectivity index (χ1n) is 5.10. The summed E-state index contributed by atoms with van der Waals surface area (Å²) in [5, 5.41) is 10.6. The second kappa shape index (κ2) is 3.98. The van der Waals surface area contributed by atoms with Gasteiger partial charge in [-0.2, -0.15) is 0 Å². The van der Waals surface area contributed by atoms with E-state index in [-0.39, 0.29) is 18.5 Å². The van der Waals surface area contributed by atoms with E-state index in [0.29, 0.717) is 11.7 Å². The van der Waals surface area contributed by atoms with Crippen LogP contribution in [0.3, 0.4) is 0 Å². The number of hydrogen-bond donors (Lipinski definition) is 2. The second-order valence-corrected chi connectivity index (χ2v) is 3.97. The largest absolute Gasteiger partial charge is 0.352 e. The Hall–Kier alpha value is -1.43. The number of nitrogens with zero attached hydrogens (tertiary/aromatic N) is 3. The Balaban J connectivity index is 1.88. The van der Waals surface area contributed by atoms with E-state index in [1.54, 1.807) is 6.20 Å². The van der Waals surface area contributed by atoms with Crippen LogP contribution >= 0.6 is 0 Å². The molecule has 82 valence electrons. The topological polar surface area (TPSA) is 85.8 Å². The van der Waals surface area contributed by atoms with Crippen LogP contribution in [0.15, 0.2) is 6.20 Å². The fourth-order valence-electron chi connectivity index (χ4n) is 1.25. The van der Waals surface area contributed by atoms with E-state index in [2.05, 4.69) is 15.6 Å². The molecule has 0 spiro atoms. The normalized spacial score (nSPS) is 17.5. The molecule has 0 saturated heterocycles. The molecule has 0 aromatic carbocycles. The van der Waals surface area contributed by atoms with E-state index < -0.39 is 0 Å². The van der Waals surface area contributed by atoms with Gasteiger partial charge >= 0.3 is 0 Å². The van der Waals surface area contributed by atoms with Crippen LogP contribution in [0.2, 0.25) is 0 Å². The number of nitrogens with two attached hydrogens (primary N) is 1. The van der Waals surface area contributed by atoms with Crippen molar-refractivity contribution in [1.82, 2.24) is 20.3 Å². The van der Waals surface area contributed by atoms with Crippen molar-refractivity contribution in [3.8, 4) is 0 Å². The SMILES string of the molecule is CC(N)c1cn(CC(=O)NC2CC2)nn1. The Morgan fingerprint density at radius 3 is 3.07 bits per heavy atom. The van der Waals surface area contributed by atoms with Gasteiger partial charge in [0.1, 0.15) is 6.54 Å². The van der Waals surface area contributed by atoms with Gasteiger partial charge in [0.2, 0.25) is 5.91 Å². The molecular weight excluding hydrogens is 194 g/mol. The summed E-state index contributed by atoms with van der Waals surface area (Å²) < 4.78 is 1.51. The summed E-state index contributed by atoms with van der Waals surface area (Å²) in [5.41, 5.74) is 6.34. The highest BCUT2D eigenvalue weighted by molar-refractivity contribution is 5.76. The molecule has 1 aliphatic rings. The summed E-state index contributed by atoms with van der Waals surface area (Å²) in [6.45, 7) is 2.05. The quantitative estimate of drug-likeness (QED) is 0.705. The number of carbonyl (C=O) groups excluding carboxylic acids is 1. The minimum atomic E-state index is -0.148. The number of nitrogens with one attached hydrogen (secondary N) is 1. The second-order valence-electron chi connectivity index (χ2n) is 3.97.